The highest BCUT2D eigenvalue weighted by Gasteiger charge is 2.39. The smallest absolute Gasteiger partial charge is 0.328 e. The maximum atomic E-state index is 10.3. The van der Waals surface area contributed by atoms with Crippen molar-refractivity contribution in [2.45, 2.75) is 18.9 Å². The van der Waals surface area contributed by atoms with Crippen molar-refractivity contribution >= 4 is 5.97 Å². The molecule has 1 heterocycles. The zero-order valence-corrected chi connectivity index (χ0v) is 6.21. The third-order valence-corrected chi connectivity index (χ3v) is 2.59. The van der Waals surface area contributed by atoms with E-state index in [1.54, 1.807) is 0 Å². The first-order chi connectivity index (χ1) is 5.27. The Hall–Kier alpha value is -0.830. The lowest BCUT2D eigenvalue weighted by Crippen LogP contribution is -2.37. The van der Waals surface area contributed by atoms with Crippen LogP contribution in [0.4, 0.5) is 0 Å². The molecule has 2 aliphatic rings. The van der Waals surface area contributed by atoms with E-state index in [9.17, 15) is 4.79 Å². The van der Waals surface area contributed by atoms with Crippen molar-refractivity contribution in [1.29, 1.82) is 0 Å². The minimum absolute atomic E-state index is 0.533. The fourth-order valence-electron chi connectivity index (χ4n) is 2.00. The highest BCUT2D eigenvalue weighted by Crippen LogP contribution is 2.39. The highest BCUT2D eigenvalue weighted by molar-refractivity contribution is 5.81. The number of rotatable bonds is 1. The van der Waals surface area contributed by atoms with E-state index in [2.05, 4.69) is 5.32 Å². The van der Waals surface area contributed by atoms with Gasteiger partial charge in [-0.2, -0.15) is 0 Å². The molecule has 2 fully saturated rings. The monoisotopic (exact) mass is 153 g/mol. The van der Waals surface area contributed by atoms with Gasteiger partial charge in [0.25, 0.3) is 0 Å². The third-order valence-electron chi connectivity index (χ3n) is 2.59. The first-order valence-corrected chi connectivity index (χ1v) is 3.94. The van der Waals surface area contributed by atoms with Gasteiger partial charge < -0.3 is 10.4 Å². The first kappa shape index (κ1) is 6.85. The van der Waals surface area contributed by atoms with Crippen molar-refractivity contribution in [2.75, 3.05) is 6.54 Å². The predicted molar refractivity (Wildman–Crippen MR) is 40.2 cm³/mol. The largest absolute Gasteiger partial charge is 0.478 e. The van der Waals surface area contributed by atoms with Crippen molar-refractivity contribution in [2.24, 2.45) is 5.92 Å². The van der Waals surface area contributed by atoms with Gasteiger partial charge in [-0.1, -0.05) is 5.57 Å². The summed E-state index contributed by atoms with van der Waals surface area (Å²) in [6.07, 6.45) is 3.43. The van der Waals surface area contributed by atoms with Crippen LogP contribution in [0.3, 0.4) is 0 Å². The summed E-state index contributed by atoms with van der Waals surface area (Å²) in [5.74, 6) is -0.267. The molecule has 11 heavy (non-hydrogen) atoms. The number of nitrogens with one attached hydrogen (secondary N) is 1. The summed E-state index contributed by atoms with van der Waals surface area (Å²) in [6.45, 7) is 1.05. The van der Waals surface area contributed by atoms with Gasteiger partial charge in [-0.05, 0) is 25.3 Å². The van der Waals surface area contributed by atoms with Crippen LogP contribution in [0.1, 0.15) is 12.8 Å². The second-order valence-corrected chi connectivity index (χ2v) is 3.22. The molecule has 60 valence electrons. The minimum atomic E-state index is -0.801. The Bertz CT molecular complexity index is 222. The van der Waals surface area contributed by atoms with Gasteiger partial charge in [0.05, 0.1) is 0 Å². The molecule has 1 aliphatic heterocycles. The van der Waals surface area contributed by atoms with Crippen molar-refractivity contribution in [3.05, 3.63) is 11.6 Å². The zero-order chi connectivity index (χ0) is 7.84. The lowest BCUT2D eigenvalue weighted by molar-refractivity contribution is -0.131. The fourth-order valence-corrected chi connectivity index (χ4v) is 2.00. The number of fused-ring (bicyclic) bond motifs is 1. The van der Waals surface area contributed by atoms with E-state index in [0.717, 1.165) is 25.0 Å². The number of hydrogen-bond acceptors (Lipinski definition) is 2. The first-order valence-electron chi connectivity index (χ1n) is 3.94. The minimum Gasteiger partial charge on any atom is -0.478 e. The van der Waals surface area contributed by atoms with Gasteiger partial charge in [-0.15, -0.1) is 0 Å². The van der Waals surface area contributed by atoms with Gasteiger partial charge in [-0.25, -0.2) is 4.79 Å². The maximum Gasteiger partial charge on any atom is 0.328 e. The van der Waals surface area contributed by atoms with Gasteiger partial charge in [0.2, 0.25) is 0 Å². The summed E-state index contributed by atoms with van der Waals surface area (Å²) in [5, 5.41) is 11.8. The van der Waals surface area contributed by atoms with Gasteiger partial charge in [0, 0.05) is 12.1 Å². The normalized spacial score (nSPS) is 38.4. The number of aliphatic carboxylic acids is 1. The molecule has 2 rings (SSSR count). The van der Waals surface area contributed by atoms with E-state index in [0.29, 0.717) is 12.0 Å². The summed E-state index contributed by atoms with van der Waals surface area (Å²) >= 11 is 0. The van der Waals surface area contributed by atoms with E-state index in [4.69, 9.17) is 5.11 Å². The van der Waals surface area contributed by atoms with Crippen LogP contribution in [0.15, 0.2) is 11.6 Å². The van der Waals surface area contributed by atoms with Crippen LogP contribution in [-0.2, 0) is 4.79 Å². The highest BCUT2D eigenvalue weighted by atomic mass is 16.4. The average Bonchev–Trinajstić information content (AvgIpc) is 2.26. The van der Waals surface area contributed by atoms with Crippen LogP contribution < -0.4 is 5.32 Å². The molecule has 0 radical (unpaired) electrons. The molecule has 0 amide bonds. The number of carboxylic acid groups (broad SMARTS) is 1. The van der Waals surface area contributed by atoms with Crippen LogP contribution in [0.25, 0.3) is 0 Å². The predicted octanol–water partition coefficient (Wildman–Crippen LogP) is 0.379. The molecule has 0 bridgehead atoms. The Labute approximate surface area is 65.1 Å². The summed E-state index contributed by atoms with van der Waals surface area (Å²) in [5.41, 5.74) is 1.12. The van der Waals surface area contributed by atoms with Crippen LogP contribution >= 0.6 is 0 Å². The van der Waals surface area contributed by atoms with Gasteiger partial charge >= 0.3 is 5.97 Å². The van der Waals surface area contributed by atoms with Gasteiger partial charge in [0.1, 0.15) is 0 Å². The molecule has 1 saturated carbocycles. The van der Waals surface area contributed by atoms with E-state index in [-0.39, 0.29) is 0 Å². The second kappa shape index (κ2) is 2.34. The number of carboxylic acids is 1. The molecule has 2 atom stereocenters. The Balaban J connectivity index is 2.05. The van der Waals surface area contributed by atoms with Crippen LogP contribution in [0.5, 0.6) is 0 Å². The Kier molecular flexibility index (Phi) is 1.46. The zero-order valence-electron chi connectivity index (χ0n) is 6.21. The standard InChI is InChI=1S/C8H11NO2/c10-8(11)4-5-3-7-6(5)1-2-9-7/h4,6-7,9H,1-3H2,(H,10,11)/b5-4-. The van der Waals surface area contributed by atoms with E-state index in [1.807, 2.05) is 0 Å². The lowest BCUT2D eigenvalue weighted by Gasteiger charge is -2.33. The Morgan fingerprint density at radius 2 is 2.55 bits per heavy atom. The molecule has 3 nitrogen and oxygen atoms in total. The maximum absolute atomic E-state index is 10.3. The molecule has 1 saturated heterocycles. The molecular weight excluding hydrogens is 142 g/mol. The van der Waals surface area contributed by atoms with E-state index >= 15 is 0 Å². The van der Waals surface area contributed by atoms with Gasteiger partial charge in [-0.3, -0.25) is 0 Å². The van der Waals surface area contributed by atoms with Crippen molar-refractivity contribution < 1.29 is 9.90 Å². The van der Waals surface area contributed by atoms with Crippen molar-refractivity contribution in [3.8, 4) is 0 Å². The summed E-state index contributed by atoms with van der Waals surface area (Å²) in [6, 6.07) is 0.584. The molecule has 0 aromatic carbocycles. The molecule has 1 aliphatic carbocycles. The number of carbonyl (C=O) groups is 1. The molecular formula is C8H11NO2. The number of hydrogen-bond donors (Lipinski definition) is 2. The molecule has 3 heteroatoms. The Morgan fingerprint density at radius 1 is 1.73 bits per heavy atom. The summed E-state index contributed by atoms with van der Waals surface area (Å²) in [4.78, 5) is 10.3. The van der Waals surface area contributed by atoms with Crippen molar-refractivity contribution in [3.63, 3.8) is 0 Å². The molecule has 2 N–H and O–H groups in total. The summed E-state index contributed by atoms with van der Waals surface area (Å²) < 4.78 is 0. The van der Waals surface area contributed by atoms with Crippen LogP contribution in [0.2, 0.25) is 0 Å². The third kappa shape index (κ3) is 1.05. The fraction of sp³-hybridized carbons (Fsp3) is 0.625. The summed E-state index contributed by atoms with van der Waals surface area (Å²) in [7, 11) is 0. The molecule has 0 aromatic rings. The lowest BCUT2D eigenvalue weighted by atomic mass is 9.75. The SMILES string of the molecule is O=C(O)/C=C1/CC2NCCC12. The Morgan fingerprint density at radius 3 is 3.18 bits per heavy atom. The second-order valence-electron chi connectivity index (χ2n) is 3.22. The van der Waals surface area contributed by atoms with E-state index < -0.39 is 5.97 Å². The topological polar surface area (TPSA) is 49.3 Å². The van der Waals surface area contributed by atoms with Crippen LogP contribution in [-0.4, -0.2) is 23.7 Å². The van der Waals surface area contributed by atoms with Gasteiger partial charge in [0.15, 0.2) is 0 Å². The average molecular weight is 153 g/mol. The quantitative estimate of drug-likeness (QED) is 0.535. The van der Waals surface area contributed by atoms with E-state index in [1.165, 1.54) is 6.08 Å². The molecule has 0 aromatic heterocycles. The molecule has 0 spiro atoms. The van der Waals surface area contributed by atoms with Crippen LogP contribution in [0, 0.1) is 5.92 Å². The molecule has 2 unspecified atom stereocenters. The van der Waals surface area contributed by atoms with Crippen molar-refractivity contribution in [1.82, 2.24) is 5.32 Å².